The molecule has 0 saturated heterocycles. The molecule has 1 heterocycles. The Morgan fingerprint density at radius 2 is 2.12 bits per heavy atom. The molecule has 0 aliphatic heterocycles. The summed E-state index contributed by atoms with van der Waals surface area (Å²) in [6, 6.07) is 7.43. The van der Waals surface area contributed by atoms with Gasteiger partial charge in [0.1, 0.15) is 0 Å². The van der Waals surface area contributed by atoms with E-state index in [-0.39, 0.29) is 0 Å². The molecule has 2 rings (SSSR count). The molecule has 0 spiro atoms. The topological polar surface area (TPSA) is 68.2 Å². The van der Waals surface area contributed by atoms with Gasteiger partial charge in [0.2, 0.25) is 0 Å². The van der Waals surface area contributed by atoms with Gasteiger partial charge in [0.15, 0.2) is 0 Å². The zero-order valence-electron chi connectivity index (χ0n) is 9.97. The molecule has 0 radical (unpaired) electrons. The van der Waals surface area contributed by atoms with E-state index < -0.39 is 5.97 Å². The Labute approximate surface area is 99.7 Å². The van der Waals surface area contributed by atoms with Crippen molar-refractivity contribution in [2.24, 2.45) is 5.73 Å². The van der Waals surface area contributed by atoms with E-state index in [1.807, 2.05) is 12.1 Å². The number of rotatable bonds is 3. The van der Waals surface area contributed by atoms with Crippen molar-refractivity contribution in [1.29, 1.82) is 0 Å². The second-order valence-electron chi connectivity index (χ2n) is 4.38. The summed E-state index contributed by atoms with van der Waals surface area (Å²) in [6.45, 7) is 4.63. The molecular weight excluding hydrogens is 216 g/mol. The summed E-state index contributed by atoms with van der Waals surface area (Å²) >= 11 is 0. The molecule has 0 aliphatic rings. The van der Waals surface area contributed by atoms with Crippen LogP contribution in [0.3, 0.4) is 0 Å². The van der Waals surface area contributed by atoms with Gasteiger partial charge in [-0.2, -0.15) is 0 Å². The van der Waals surface area contributed by atoms with E-state index in [2.05, 4.69) is 18.4 Å². The van der Waals surface area contributed by atoms with E-state index in [9.17, 15) is 4.79 Å². The van der Waals surface area contributed by atoms with Gasteiger partial charge in [-0.1, -0.05) is 0 Å². The average Bonchev–Trinajstić information content (AvgIpc) is 2.65. The van der Waals surface area contributed by atoms with Gasteiger partial charge in [-0.3, -0.25) is 0 Å². The monoisotopic (exact) mass is 232 g/mol. The molecule has 0 aliphatic carbocycles. The Balaban J connectivity index is 2.69. The van der Waals surface area contributed by atoms with Crippen molar-refractivity contribution >= 4 is 16.9 Å². The number of nitrogens with two attached hydrogens (primary N) is 1. The molecular formula is C13H16N2O2. The summed E-state index contributed by atoms with van der Waals surface area (Å²) in [5, 5.41) is 9.88. The highest BCUT2D eigenvalue weighted by molar-refractivity contribution is 5.94. The first-order valence-electron chi connectivity index (χ1n) is 5.62. The number of carboxylic acids is 1. The standard InChI is InChI=1S/C13H16N2O2/c1-8(2)15-11(7-14)6-10-5-9(13(16)17)3-4-12(10)15/h3-6,8H,7,14H2,1-2H3,(H,16,17). The van der Waals surface area contributed by atoms with Crippen molar-refractivity contribution in [3.63, 3.8) is 0 Å². The average molecular weight is 232 g/mol. The first-order valence-corrected chi connectivity index (χ1v) is 5.62. The summed E-state index contributed by atoms with van der Waals surface area (Å²) in [6.07, 6.45) is 0. The van der Waals surface area contributed by atoms with Gasteiger partial charge < -0.3 is 15.4 Å². The largest absolute Gasteiger partial charge is 0.478 e. The highest BCUT2D eigenvalue weighted by Gasteiger charge is 2.12. The Morgan fingerprint density at radius 3 is 2.65 bits per heavy atom. The molecule has 0 unspecified atom stereocenters. The molecule has 0 atom stereocenters. The van der Waals surface area contributed by atoms with Crippen LogP contribution in [0.2, 0.25) is 0 Å². The summed E-state index contributed by atoms with van der Waals surface area (Å²) in [7, 11) is 0. The van der Waals surface area contributed by atoms with Crippen LogP contribution in [0, 0.1) is 0 Å². The summed E-state index contributed by atoms with van der Waals surface area (Å²) in [5.41, 5.74) is 8.08. The maximum absolute atomic E-state index is 10.9. The molecule has 0 fully saturated rings. The van der Waals surface area contributed by atoms with Crippen LogP contribution >= 0.6 is 0 Å². The molecule has 0 saturated carbocycles. The van der Waals surface area contributed by atoms with Crippen LogP contribution in [0.1, 0.15) is 35.9 Å². The lowest BCUT2D eigenvalue weighted by atomic mass is 10.1. The number of benzene rings is 1. The van der Waals surface area contributed by atoms with Crippen LogP contribution in [-0.4, -0.2) is 15.6 Å². The minimum Gasteiger partial charge on any atom is -0.478 e. The Kier molecular flexibility index (Phi) is 2.90. The number of aromatic nitrogens is 1. The quantitative estimate of drug-likeness (QED) is 0.853. The van der Waals surface area contributed by atoms with Crippen LogP contribution < -0.4 is 5.73 Å². The lowest BCUT2D eigenvalue weighted by Crippen LogP contribution is -2.09. The predicted octanol–water partition coefficient (Wildman–Crippen LogP) is 2.38. The molecule has 90 valence electrons. The fourth-order valence-electron chi connectivity index (χ4n) is 2.19. The third kappa shape index (κ3) is 1.91. The first kappa shape index (κ1) is 11.7. The van der Waals surface area contributed by atoms with E-state index in [1.54, 1.807) is 12.1 Å². The summed E-state index contributed by atoms with van der Waals surface area (Å²) < 4.78 is 2.14. The summed E-state index contributed by atoms with van der Waals surface area (Å²) in [5.74, 6) is -0.904. The van der Waals surface area contributed by atoms with Gasteiger partial charge in [-0.25, -0.2) is 4.79 Å². The zero-order valence-corrected chi connectivity index (χ0v) is 9.97. The molecule has 17 heavy (non-hydrogen) atoms. The second-order valence-corrected chi connectivity index (χ2v) is 4.38. The van der Waals surface area contributed by atoms with Crippen LogP contribution in [0.15, 0.2) is 24.3 Å². The zero-order chi connectivity index (χ0) is 12.6. The highest BCUT2D eigenvalue weighted by atomic mass is 16.4. The van der Waals surface area contributed by atoms with Crippen molar-refractivity contribution in [2.45, 2.75) is 26.4 Å². The Morgan fingerprint density at radius 1 is 1.41 bits per heavy atom. The van der Waals surface area contributed by atoms with Crippen LogP contribution in [0.5, 0.6) is 0 Å². The lowest BCUT2D eigenvalue weighted by molar-refractivity contribution is 0.0697. The number of carboxylic acid groups (broad SMARTS) is 1. The van der Waals surface area contributed by atoms with Gasteiger partial charge in [0.25, 0.3) is 0 Å². The van der Waals surface area contributed by atoms with E-state index in [4.69, 9.17) is 10.8 Å². The van der Waals surface area contributed by atoms with Crippen LogP contribution in [0.25, 0.3) is 10.9 Å². The third-order valence-corrected chi connectivity index (χ3v) is 2.89. The number of hydrogen-bond acceptors (Lipinski definition) is 2. The van der Waals surface area contributed by atoms with Crippen molar-refractivity contribution in [3.05, 3.63) is 35.5 Å². The van der Waals surface area contributed by atoms with Crippen molar-refractivity contribution in [3.8, 4) is 0 Å². The van der Waals surface area contributed by atoms with Gasteiger partial charge in [-0.15, -0.1) is 0 Å². The molecule has 1 aromatic carbocycles. The van der Waals surface area contributed by atoms with E-state index in [0.29, 0.717) is 18.2 Å². The fraction of sp³-hybridized carbons (Fsp3) is 0.308. The van der Waals surface area contributed by atoms with E-state index in [0.717, 1.165) is 16.6 Å². The number of carbonyl (C=O) groups is 1. The first-order chi connectivity index (χ1) is 8.04. The van der Waals surface area contributed by atoms with Crippen molar-refractivity contribution in [2.75, 3.05) is 0 Å². The number of fused-ring (bicyclic) bond motifs is 1. The Bertz CT molecular complexity index is 570. The maximum atomic E-state index is 10.9. The van der Waals surface area contributed by atoms with Crippen LogP contribution in [-0.2, 0) is 6.54 Å². The lowest BCUT2D eigenvalue weighted by Gasteiger charge is -2.13. The minimum absolute atomic E-state index is 0.307. The minimum atomic E-state index is -0.904. The molecule has 4 nitrogen and oxygen atoms in total. The van der Waals surface area contributed by atoms with Gasteiger partial charge >= 0.3 is 5.97 Å². The normalized spacial score (nSPS) is 11.3. The predicted molar refractivity (Wildman–Crippen MR) is 67.2 cm³/mol. The van der Waals surface area contributed by atoms with Gasteiger partial charge in [-0.05, 0) is 38.1 Å². The summed E-state index contributed by atoms with van der Waals surface area (Å²) in [4.78, 5) is 10.9. The maximum Gasteiger partial charge on any atom is 0.335 e. The molecule has 4 heteroatoms. The molecule has 2 aromatic rings. The molecule has 3 N–H and O–H groups in total. The highest BCUT2D eigenvalue weighted by Crippen LogP contribution is 2.25. The van der Waals surface area contributed by atoms with Gasteiger partial charge in [0, 0.05) is 29.2 Å². The second kappa shape index (κ2) is 4.22. The number of aromatic carboxylic acids is 1. The Hall–Kier alpha value is -1.81. The molecule has 1 aromatic heterocycles. The van der Waals surface area contributed by atoms with Crippen LogP contribution in [0.4, 0.5) is 0 Å². The number of hydrogen-bond donors (Lipinski definition) is 2. The SMILES string of the molecule is CC(C)n1c(CN)cc2cc(C(=O)O)ccc21. The third-order valence-electron chi connectivity index (χ3n) is 2.89. The number of nitrogens with zero attached hydrogens (tertiary/aromatic N) is 1. The molecule has 0 bridgehead atoms. The van der Waals surface area contributed by atoms with Crippen molar-refractivity contribution < 1.29 is 9.90 Å². The van der Waals surface area contributed by atoms with E-state index >= 15 is 0 Å². The smallest absolute Gasteiger partial charge is 0.335 e. The van der Waals surface area contributed by atoms with Gasteiger partial charge in [0.05, 0.1) is 5.56 Å². The van der Waals surface area contributed by atoms with E-state index in [1.165, 1.54) is 0 Å². The fourth-order valence-corrected chi connectivity index (χ4v) is 2.19. The molecule has 0 amide bonds. The van der Waals surface area contributed by atoms with Crippen molar-refractivity contribution in [1.82, 2.24) is 4.57 Å².